The van der Waals surface area contributed by atoms with Gasteiger partial charge in [-0.25, -0.2) is 4.79 Å². The minimum Gasteiger partial charge on any atom is -0.450 e. The molecule has 0 aromatic heterocycles. The number of hydrogen-bond donors (Lipinski definition) is 2. The molecule has 0 bridgehead atoms. The summed E-state index contributed by atoms with van der Waals surface area (Å²) >= 11 is 0. The number of carbonyl (C=O) groups is 2. The van der Waals surface area contributed by atoms with E-state index in [0.717, 1.165) is 32.2 Å². The van der Waals surface area contributed by atoms with E-state index in [1.54, 1.807) is 11.8 Å². The molecule has 2 amide bonds. The molecular weight excluding hydrogens is 330 g/mol. The zero-order valence-electron chi connectivity index (χ0n) is 15.7. The van der Waals surface area contributed by atoms with Crippen LogP contribution in [0.5, 0.6) is 0 Å². The first kappa shape index (κ1) is 20.2. The Labute approximate surface area is 156 Å². The van der Waals surface area contributed by atoms with Crippen molar-refractivity contribution in [3.8, 4) is 0 Å². The molecule has 144 valence electrons. The molecule has 0 aliphatic carbocycles. The molecule has 0 atom stereocenters. The number of rotatable bonds is 9. The van der Waals surface area contributed by atoms with Gasteiger partial charge in [-0.3, -0.25) is 4.79 Å². The Hall–Kier alpha value is -2.08. The normalized spacial score (nSPS) is 14.9. The quantitative estimate of drug-likeness (QED) is 0.662. The minimum absolute atomic E-state index is 0.0788. The standard InChI is InChI=1S/C20H31N3O3/c1-2-26-20(25)23-15-11-18(12-16-23)22-19(24)10-14-21-13-6-9-17-7-4-3-5-8-17/h3-5,7-8,18,21H,2,6,9-16H2,1H3,(H,22,24). The second-order valence-electron chi connectivity index (χ2n) is 6.62. The molecule has 2 N–H and O–H groups in total. The third-order valence-corrected chi connectivity index (χ3v) is 4.58. The lowest BCUT2D eigenvalue weighted by molar-refractivity contribution is -0.121. The highest BCUT2D eigenvalue weighted by atomic mass is 16.6. The minimum atomic E-state index is -0.253. The fourth-order valence-corrected chi connectivity index (χ4v) is 3.11. The Morgan fingerprint density at radius 1 is 1.15 bits per heavy atom. The third kappa shape index (κ3) is 7.44. The van der Waals surface area contributed by atoms with Crippen LogP contribution in [0.3, 0.4) is 0 Å². The molecule has 0 radical (unpaired) electrons. The molecule has 0 saturated carbocycles. The van der Waals surface area contributed by atoms with Crippen LogP contribution in [0.15, 0.2) is 30.3 Å². The molecule has 1 aromatic carbocycles. The maximum absolute atomic E-state index is 12.0. The van der Waals surface area contributed by atoms with E-state index in [2.05, 4.69) is 34.9 Å². The molecular formula is C20H31N3O3. The highest BCUT2D eigenvalue weighted by molar-refractivity contribution is 5.76. The number of benzene rings is 1. The first-order valence-corrected chi connectivity index (χ1v) is 9.64. The van der Waals surface area contributed by atoms with Crippen molar-refractivity contribution in [1.29, 1.82) is 0 Å². The Balaban J connectivity index is 1.49. The van der Waals surface area contributed by atoms with Gasteiger partial charge < -0.3 is 20.3 Å². The molecule has 6 nitrogen and oxygen atoms in total. The van der Waals surface area contributed by atoms with Gasteiger partial charge in [0.25, 0.3) is 0 Å². The van der Waals surface area contributed by atoms with Crippen molar-refractivity contribution in [2.75, 3.05) is 32.8 Å². The number of piperidine rings is 1. The summed E-state index contributed by atoms with van der Waals surface area (Å²) < 4.78 is 5.00. The van der Waals surface area contributed by atoms with Crippen molar-refractivity contribution in [3.05, 3.63) is 35.9 Å². The summed E-state index contributed by atoms with van der Waals surface area (Å²) in [6, 6.07) is 10.6. The molecule has 1 aliphatic heterocycles. The van der Waals surface area contributed by atoms with Crippen molar-refractivity contribution in [3.63, 3.8) is 0 Å². The van der Waals surface area contributed by atoms with Crippen LogP contribution in [0.2, 0.25) is 0 Å². The fourth-order valence-electron chi connectivity index (χ4n) is 3.11. The van der Waals surface area contributed by atoms with E-state index in [1.165, 1.54) is 5.56 Å². The van der Waals surface area contributed by atoms with Gasteiger partial charge in [-0.05, 0) is 44.7 Å². The number of amides is 2. The van der Waals surface area contributed by atoms with Gasteiger partial charge >= 0.3 is 6.09 Å². The van der Waals surface area contributed by atoms with Gasteiger partial charge in [0.15, 0.2) is 0 Å². The molecule has 6 heteroatoms. The number of aryl methyl sites for hydroxylation is 1. The number of likely N-dealkylation sites (tertiary alicyclic amines) is 1. The average Bonchev–Trinajstić information content (AvgIpc) is 2.66. The zero-order chi connectivity index (χ0) is 18.6. The maximum Gasteiger partial charge on any atom is 0.409 e. The van der Waals surface area contributed by atoms with Gasteiger partial charge in [-0.15, -0.1) is 0 Å². The number of carbonyl (C=O) groups excluding carboxylic acids is 2. The van der Waals surface area contributed by atoms with E-state index >= 15 is 0 Å². The van der Waals surface area contributed by atoms with Crippen molar-refractivity contribution in [2.45, 2.75) is 45.1 Å². The van der Waals surface area contributed by atoms with E-state index in [4.69, 9.17) is 4.74 Å². The number of nitrogens with one attached hydrogen (secondary N) is 2. The average molecular weight is 361 g/mol. The molecule has 1 fully saturated rings. The van der Waals surface area contributed by atoms with Crippen LogP contribution in [-0.4, -0.2) is 55.7 Å². The molecule has 1 heterocycles. The highest BCUT2D eigenvalue weighted by Gasteiger charge is 2.24. The van der Waals surface area contributed by atoms with E-state index in [1.807, 2.05) is 6.07 Å². The summed E-state index contributed by atoms with van der Waals surface area (Å²) in [6.07, 6.45) is 3.93. The molecule has 1 aromatic rings. The summed E-state index contributed by atoms with van der Waals surface area (Å²) in [5, 5.41) is 6.40. The smallest absolute Gasteiger partial charge is 0.409 e. The van der Waals surface area contributed by atoms with Gasteiger partial charge in [0.05, 0.1) is 6.61 Å². The number of hydrogen-bond acceptors (Lipinski definition) is 4. The summed E-state index contributed by atoms with van der Waals surface area (Å²) in [4.78, 5) is 25.4. The summed E-state index contributed by atoms with van der Waals surface area (Å²) in [5.41, 5.74) is 1.35. The number of ether oxygens (including phenoxy) is 1. The fraction of sp³-hybridized carbons (Fsp3) is 0.600. The van der Waals surface area contributed by atoms with Crippen LogP contribution >= 0.6 is 0 Å². The van der Waals surface area contributed by atoms with Gasteiger partial charge in [0.1, 0.15) is 0 Å². The first-order valence-electron chi connectivity index (χ1n) is 9.64. The van der Waals surface area contributed by atoms with Gasteiger partial charge in [-0.2, -0.15) is 0 Å². The van der Waals surface area contributed by atoms with E-state index in [9.17, 15) is 9.59 Å². The molecule has 1 saturated heterocycles. The lowest BCUT2D eigenvalue weighted by atomic mass is 10.1. The lowest BCUT2D eigenvalue weighted by Gasteiger charge is -2.31. The van der Waals surface area contributed by atoms with Gasteiger partial charge in [0, 0.05) is 32.1 Å². The summed E-state index contributed by atoms with van der Waals surface area (Å²) in [5.74, 6) is 0.0788. The summed E-state index contributed by atoms with van der Waals surface area (Å²) in [7, 11) is 0. The molecule has 0 spiro atoms. The third-order valence-electron chi connectivity index (χ3n) is 4.58. The Morgan fingerprint density at radius 2 is 1.88 bits per heavy atom. The highest BCUT2D eigenvalue weighted by Crippen LogP contribution is 2.11. The Morgan fingerprint density at radius 3 is 2.58 bits per heavy atom. The first-order chi connectivity index (χ1) is 12.7. The molecule has 2 rings (SSSR count). The number of nitrogens with zero attached hydrogens (tertiary/aromatic N) is 1. The van der Waals surface area contributed by atoms with Crippen molar-refractivity contribution >= 4 is 12.0 Å². The molecule has 1 aliphatic rings. The van der Waals surface area contributed by atoms with Crippen molar-refractivity contribution in [1.82, 2.24) is 15.5 Å². The molecule has 0 unspecified atom stereocenters. The van der Waals surface area contributed by atoms with Crippen LogP contribution in [-0.2, 0) is 16.0 Å². The zero-order valence-corrected chi connectivity index (χ0v) is 15.7. The van der Waals surface area contributed by atoms with Crippen LogP contribution in [0.1, 0.15) is 38.2 Å². The Bertz CT molecular complexity index is 542. The van der Waals surface area contributed by atoms with Crippen LogP contribution in [0, 0.1) is 0 Å². The second kappa shape index (κ2) is 11.5. The van der Waals surface area contributed by atoms with Crippen molar-refractivity contribution in [2.24, 2.45) is 0 Å². The maximum atomic E-state index is 12.0. The van der Waals surface area contributed by atoms with Crippen LogP contribution < -0.4 is 10.6 Å². The largest absolute Gasteiger partial charge is 0.450 e. The Kier molecular flexibility index (Phi) is 8.96. The van der Waals surface area contributed by atoms with Gasteiger partial charge in [-0.1, -0.05) is 30.3 Å². The lowest BCUT2D eigenvalue weighted by Crippen LogP contribution is -2.47. The topological polar surface area (TPSA) is 70.7 Å². The molecule has 26 heavy (non-hydrogen) atoms. The summed E-state index contributed by atoms with van der Waals surface area (Å²) in [6.45, 7) is 5.10. The predicted octanol–water partition coefficient (Wildman–Crippen LogP) is 2.34. The monoisotopic (exact) mass is 361 g/mol. The second-order valence-corrected chi connectivity index (χ2v) is 6.62. The predicted molar refractivity (Wildman–Crippen MR) is 102 cm³/mol. The van der Waals surface area contributed by atoms with E-state index in [-0.39, 0.29) is 18.0 Å². The van der Waals surface area contributed by atoms with Crippen molar-refractivity contribution < 1.29 is 14.3 Å². The van der Waals surface area contributed by atoms with Gasteiger partial charge in [0.2, 0.25) is 5.91 Å². The van der Waals surface area contributed by atoms with Crippen LogP contribution in [0.25, 0.3) is 0 Å². The van der Waals surface area contributed by atoms with E-state index < -0.39 is 0 Å². The SMILES string of the molecule is CCOC(=O)N1CCC(NC(=O)CCNCCCc2ccccc2)CC1. The van der Waals surface area contributed by atoms with E-state index in [0.29, 0.717) is 32.7 Å². The van der Waals surface area contributed by atoms with Crippen LogP contribution in [0.4, 0.5) is 4.79 Å².